The highest BCUT2D eigenvalue weighted by atomic mass is 16.5. The summed E-state index contributed by atoms with van der Waals surface area (Å²) >= 11 is 0. The van der Waals surface area contributed by atoms with Crippen LogP contribution in [0.3, 0.4) is 0 Å². The van der Waals surface area contributed by atoms with Crippen LogP contribution in [0.4, 0.5) is 0 Å². The lowest BCUT2D eigenvalue weighted by Crippen LogP contribution is -2.52. The number of rotatable bonds is 9. The number of piperidine rings is 2. The van der Waals surface area contributed by atoms with E-state index in [4.69, 9.17) is 14.0 Å². The Bertz CT molecular complexity index is 590. The van der Waals surface area contributed by atoms with Crippen molar-refractivity contribution in [2.75, 3.05) is 47.0 Å². The zero-order valence-electron chi connectivity index (χ0n) is 16.7. The summed E-state index contributed by atoms with van der Waals surface area (Å²) in [6.45, 7) is 4.51. The van der Waals surface area contributed by atoms with Crippen LogP contribution in [-0.2, 0) is 16.0 Å². The van der Waals surface area contributed by atoms with Crippen LogP contribution in [0.15, 0.2) is 10.6 Å². The maximum Gasteiger partial charge on any atom is 0.254 e. The molecule has 0 saturated carbocycles. The van der Waals surface area contributed by atoms with Crippen molar-refractivity contribution in [2.45, 2.75) is 51.0 Å². The maximum atomic E-state index is 12.9. The Morgan fingerprint density at radius 3 is 2.93 bits per heavy atom. The zero-order valence-corrected chi connectivity index (χ0v) is 16.7. The lowest BCUT2D eigenvalue weighted by atomic mass is 9.83. The number of hydrogen-bond donors (Lipinski definition) is 0. The van der Waals surface area contributed by atoms with E-state index in [1.54, 1.807) is 20.3 Å². The van der Waals surface area contributed by atoms with E-state index in [2.05, 4.69) is 10.1 Å². The molecular weight excluding hydrogens is 346 g/mol. The normalized spacial score (nSPS) is 23.0. The first-order valence-electron chi connectivity index (χ1n) is 10.2. The SMILES string of the molecule is COCCN(CC1CCCN2CCCCC12)C(=O)CCc1cc(OC)no1. The molecule has 2 saturated heterocycles. The minimum Gasteiger partial charge on any atom is -0.479 e. The van der Waals surface area contributed by atoms with Gasteiger partial charge in [-0.05, 0) is 49.8 Å². The van der Waals surface area contributed by atoms with Crippen molar-refractivity contribution in [3.63, 3.8) is 0 Å². The molecule has 0 bridgehead atoms. The maximum absolute atomic E-state index is 12.9. The average molecular weight is 380 g/mol. The average Bonchev–Trinajstić information content (AvgIpc) is 3.17. The van der Waals surface area contributed by atoms with Crippen LogP contribution in [-0.4, -0.2) is 73.9 Å². The third kappa shape index (κ3) is 5.45. The first-order chi connectivity index (χ1) is 13.2. The fourth-order valence-electron chi connectivity index (χ4n) is 4.49. The van der Waals surface area contributed by atoms with Gasteiger partial charge in [-0.1, -0.05) is 6.42 Å². The van der Waals surface area contributed by atoms with Gasteiger partial charge in [0.15, 0.2) is 0 Å². The number of methoxy groups -OCH3 is 2. The van der Waals surface area contributed by atoms with E-state index in [1.165, 1.54) is 45.2 Å². The van der Waals surface area contributed by atoms with Crippen LogP contribution in [0.25, 0.3) is 0 Å². The van der Waals surface area contributed by atoms with Gasteiger partial charge in [0.25, 0.3) is 5.88 Å². The molecule has 2 aliphatic rings. The van der Waals surface area contributed by atoms with E-state index >= 15 is 0 Å². The Balaban J connectivity index is 1.57. The molecule has 2 fully saturated rings. The highest BCUT2D eigenvalue weighted by Crippen LogP contribution is 2.31. The number of aromatic nitrogens is 1. The Morgan fingerprint density at radius 2 is 2.15 bits per heavy atom. The molecule has 3 rings (SSSR count). The van der Waals surface area contributed by atoms with Gasteiger partial charge in [0.1, 0.15) is 5.76 Å². The minimum absolute atomic E-state index is 0.162. The van der Waals surface area contributed by atoms with Gasteiger partial charge in [-0.25, -0.2) is 0 Å². The monoisotopic (exact) mass is 379 g/mol. The summed E-state index contributed by atoms with van der Waals surface area (Å²) in [7, 11) is 3.24. The van der Waals surface area contributed by atoms with Crippen molar-refractivity contribution in [3.05, 3.63) is 11.8 Å². The lowest BCUT2D eigenvalue weighted by molar-refractivity contribution is -0.133. The molecule has 152 valence electrons. The number of fused-ring (bicyclic) bond motifs is 1. The predicted molar refractivity (Wildman–Crippen MR) is 102 cm³/mol. The van der Waals surface area contributed by atoms with Crippen LogP contribution >= 0.6 is 0 Å². The Kier molecular flexibility index (Phi) is 7.52. The number of aryl methyl sites for hydroxylation is 1. The van der Waals surface area contributed by atoms with Gasteiger partial charge in [-0.2, -0.15) is 0 Å². The summed E-state index contributed by atoms with van der Waals surface area (Å²) in [5, 5.41) is 3.80. The molecule has 0 radical (unpaired) electrons. The van der Waals surface area contributed by atoms with E-state index in [9.17, 15) is 4.79 Å². The van der Waals surface area contributed by atoms with Crippen LogP contribution in [0, 0.1) is 5.92 Å². The molecule has 0 N–H and O–H groups in total. The van der Waals surface area contributed by atoms with Crippen molar-refractivity contribution in [1.29, 1.82) is 0 Å². The summed E-state index contributed by atoms with van der Waals surface area (Å²) in [5.74, 6) is 1.87. The van der Waals surface area contributed by atoms with Crippen molar-refractivity contribution in [1.82, 2.24) is 15.0 Å². The Labute approximate surface area is 161 Å². The van der Waals surface area contributed by atoms with Crippen LogP contribution < -0.4 is 4.74 Å². The molecule has 1 aromatic rings. The van der Waals surface area contributed by atoms with E-state index in [0.29, 0.717) is 49.6 Å². The molecule has 2 atom stereocenters. The number of amides is 1. The second-order valence-corrected chi connectivity index (χ2v) is 7.67. The highest BCUT2D eigenvalue weighted by molar-refractivity contribution is 5.76. The van der Waals surface area contributed by atoms with Crippen molar-refractivity contribution >= 4 is 5.91 Å². The van der Waals surface area contributed by atoms with Crippen LogP contribution in [0.5, 0.6) is 5.88 Å². The van der Waals surface area contributed by atoms with Gasteiger partial charge in [0.2, 0.25) is 5.91 Å². The summed E-state index contributed by atoms with van der Waals surface area (Å²) in [5.41, 5.74) is 0. The number of nitrogens with zero attached hydrogens (tertiary/aromatic N) is 3. The molecule has 0 aromatic carbocycles. The topological polar surface area (TPSA) is 68.0 Å². The van der Waals surface area contributed by atoms with Crippen molar-refractivity contribution in [2.24, 2.45) is 5.92 Å². The summed E-state index contributed by atoms with van der Waals surface area (Å²) in [6, 6.07) is 2.39. The van der Waals surface area contributed by atoms with Gasteiger partial charge in [0.05, 0.1) is 13.7 Å². The second-order valence-electron chi connectivity index (χ2n) is 7.67. The molecule has 0 aliphatic carbocycles. The van der Waals surface area contributed by atoms with Crippen molar-refractivity contribution < 1.29 is 18.8 Å². The summed E-state index contributed by atoms with van der Waals surface area (Å²) < 4.78 is 15.5. The molecule has 0 spiro atoms. The van der Waals surface area contributed by atoms with Gasteiger partial charge >= 0.3 is 0 Å². The van der Waals surface area contributed by atoms with Gasteiger partial charge in [-0.3, -0.25) is 4.79 Å². The molecule has 1 aromatic heterocycles. The number of carbonyl (C=O) groups excluding carboxylic acids is 1. The van der Waals surface area contributed by atoms with Gasteiger partial charge in [-0.15, -0.1) is 0 Å². The Hall–Kier alpha value is -1.60. The fourth-order valence-corrected chi connectivity index (χ4v) is 4.49. The lowest BCUT2D eigenvalue weighted by Gasteiger charge is -2.45. The van der Waals surface area contributed by atoms with Gasteiger partial charge in [0, 0.05) is 45.1 Å². The first-order valence-corrected chi connectivity index (χ1v) is 10.2. The fraction of sp³-hybridized carbons (Fsp3) is 0.800. The molecule has 7 nitrogen and oxygen atoms in total. The zero-order chi connectivity index (χ0) is 19.1. The molecule has 7 heteroatoms. The summed E-state index contributed by atoms with van der Waals surface area (Å²) in [6.07, 6.45) is 7.33. The number of hydrogen-bond acceptors (Lipinski definition) is 6. The van der Waals surface area contributed by atoms with E-state index < -0.39 is 0 Å². The third-order valence-corrected chi connectivity index (χ3v) is 5.93. The molecule has 1 amide bonds. The van der Waals surface area contributed by atoms with Gasteiger partial charge < -0.3 is 23.8 Å². The van der Waals surface area contributed by atoms with E-state index in [-0.39, 0.29) is 5.91 Å². The molecule has 2 unspecified atom stereocenters. The number of carbonyl (C=O) groups is 1. The van der Waals surface area contributed by atoms with E-state index in [0.717, 1.165) is 6.54 Å². The standard InChI is InChI=1S/C20H33N3O4/c1-25-13-12-23(20(24)9-8-17-14-19(26-2)21-27-17)15-16-6-5-11-22-10-4-3-7-18(16)22/h14,16,18H,3-13,15H2,1-2H3. The second kappa shape index (κ2) is 10.1. The van der Waals surface area contributed by atoms with E-state index in [1.807, 2.05) is 4.90 Å². The highest BCUT2D eigenvalue weighted by Gasteiger charge is 2.34. The summed E-state index contributed by atoms with van der Waals surface area (Å²) in [4.78, 5) is 17.5. The molecule has 2 aliphatic heterocycles. The molecule has 3 heterocycles. The largest absolute Gasteiger partial charge is 0.479 e. The smallest absolute Gasteiger partial charge is 0.254 e. The third-order valence-electron chi connectivity index (χ3n) is 5.93. The van der Waals surface area contributed by atoms with Crippen LogP contribution in [0.1, 0.15) is 44.3 Å². The first kappa shape index (κ1) is 20.1. The van der Waals surface area contributed by atoms with Crippen molar-refractivity contribution in [3.8, 4) is 5.88 Å². The molecular formula is C20H33N3O4. The van der Waals surface area contributed by atoms with Crippen LogP contribution in [0.2, 0.25) is 0 Å². The number of ether oxygens (including phenoxy) is 2. The minimum atomic E-state index is 0.162. The predicted octanol–water partition coefficient (Wildman–Crippen LogP) is 2.36. The quantitative estimate of drug-likeness (QED) is 0.656. The molecule has 27 heavy (non-hydrogen) atoms. The Morgan fingerprint density at radius 1 is 1.30 bits per heavy atom.